The lowest BCUT2D eigenvalue weighted by atomic mass is 10.0. The van der Waals surface area contributed by atoms with Gasteiger partial charge in [-0.1, -0.05) is 62.2 Å². The van der Waals surface area contributed by atoms with Crippen LogP contribution in [0, 0.1) is 17.2 Å². The smallest absolute Gasteiger partial charge is 0.320 e. The van der Waals surface area contributed by atoms with E-state index in [0.717, 1.165) is 68.3 Å². The van der Waals surface area contributed by atoms with Crippen molar-refractivity contribution in [1.82, 2.24) is 56.2 Å². The highest BCUT2D eigenvalue weighted by Gasteiger charge is 2.38. The molecular weight excluding hydrogens is 1030 g/mol. The van der Waals surface area contributed by atoms with Crippen LogP contribution in [0.1, 0.15) is 93.5 Å². The maximum Gasteiger partial charge on any atom is 0.320 e. The lowest BCUT2D eigenvalue weighted by Crippen LogP contribution is -2.52. The van der Waals surface area contributed by atoms with Gasteiger partial charge in [0.25, 0.3) is 0 Å². The molecule has 80 heavy (non-hydrogen) atoms. The fourth-order valence-corrected chi connectivity index (χ4v) is 9.41. The van der Waals surface area contributed by atoms with Gasteiger partial charge in [-0.2, -0.15) is 15.2 Å². The van der Waals surface area contributed by atoms with Crippen LogP contribution < -0.4 is 47.1 Å². The Labute approximate surface area is 464 Å². The van der Waals surface area contributed by atoms with Gasteiger partial charge in [-0.05, 0) is 80.2 Å². The van der Waals surface area contributed by atoms with Gasteiger partial charge in [-0.15, -0.1) is 0 Å². The second kappa shape index (κ2) is 29.7. The molecule has 4 heterocycles. The molecule has 4 aromatic rings. The topological polar surface area (TPSA) is 327 Å². The summed E-state index contributed by atoms with van der Waals surface area (Å²) in [5, 5.41) is 36.2. The third-order valence-corrected chi connectivity index (χ3v) is 14.0. The summed E-state index contributed by atoms with van der Waals surface area (Å²) < 4.78 is 19.3. The molecule has 1 unspecified atom stereocenters. The van der Waals surface area contributed by atoms with Gasteiger partial charge in [-0.3, -0.25) is 38.5 Å². The lowest BCUT2D eigenvalue weighted by Gasteiger charge is -2.33. The molecule has 1 saturated heterocycles. The number of nitrogens with two attached hydrogens (primary N) is 1. The van der Waals surface area contributed by atoms with Crippen molar-refractivity contribution in [3.05, 3.63) is 89.1 Å². The minimum Gasteiger partial charge on any atom is -0.496 e. The van der Waals surface area contributed by atoms with Gasteiger partial charge in [-0.25, -0.2) is 0 Å². The zero-order valence-electron chi connectivity index (χ0n) is 45.4. The second-order valence-corrected chi connectivity index (χ2v) is 20.1. The first-order valence-corrected chi connectivity index (χ1v) is 27.3. The number of likely N-dealkylation sites (tertiary alicyclic amines) is 1. The number of hydrogen-bond acceptors (Lipinski definition) is 16. The van der Waals surface area contributed by atoms with Gasteiger partial charge in [0.05, 0.1) is 45.3 Å². The summed E-state index contributed by atoms with van der Waals surface area (Å²) in [6.45, 7) is 3.78. The Hall–Kier alpha value is -8.14. The van der Waals surface area contributed by atoms with E-state index >= 15 is 0 Å². The van der Waals surface area contributed by atoms with Crippen LogP contribution in [0.5, 0.6) is 11.8 Å². The minimum absolute atomic E-state index is 0.0165. The number of methoxy groups -OCH3 is 1. The van der Waals surface area contributed by atoms with Crippen LogP contribution in [0.15, 0.2) is 66.7 Å². The Morgan fingerprint density at radius 3 is 2.29 bits per heavy atom. The van der Waals surface area contributed by atoms with Crippen molar-refractivity contribution in [2.75, 3.05) is 65.4 Å². The fourth-order valence-electron chi connectivity index (χ4n) is 9.41. The van der Waals surface area contributed by atoms with Crippen LogP contribution in [0.2, 0.25) is 0 Å². The normalized spacial score (nSPS) is 16.1. The van der Waals surface area contributed by atoms with Crippen molar-refractivity contribution in [2.24, 2.45) is 5.92 Å². The molecular formula is C56H73N13O11. The summed E-state index contributed by atoms with van der Waals surface area (Å²) in [6, 6.07) is 17.9. The van der Waals surface area contributed by atoms with Crippen molar-refractivity contribution >= 4 is 58.2 Å². The molecule has 7 rings (SSSR count). The molecule has 0 radical (unpaired) electrons. The number of carbonyl (C=O) groups is 7. The number of carbonyl (C=O) groups excluding carboxylic acids is 7. The van der Waals surface area contributed by atoms with Gasteiger partial charge < -0.3 is 66.4 Å². The van der Waals surface area contributed by atoms with Crippen molar-refractivity contribution in [1.29, 1.82) is 5.26 Å². The predicted octanol–water partition coefficient (Wildman–Crippen LogP) is 1.42. The third-order valence-electron chi connectivity index (χ3n) is 14.0. The van der Waals surface area contributed by atoms with Gasteiger partial charge >= 0.3 is 6.01 Å². The number of aliphatic hydroxyl groups is 1. The number of aromatic nitrogens is 3. The number of rotatable bonds is 31. The Bertz CT molecular complexity index is 2880. The summed E-state index contributed by atoms with van der Waals surface area (Å²) in [4.78, 5) is 102. The maximum absolute atomic E-state index is 13.6. The van der Waals surface area contributed by atoms with Crippen LogP contribution in [0.4, 0.5) is 5.82 Å². The Balaban J connectivity index is 0.800. The molecule has 1 aliphatic carbocycles. The Morgan fingerprint density at radius 1 is 0.838 bits per heavy atom. The number of hydrogen-bond donors (Lipinski definition) is 8. The van der Waals surface area contributed by atoms with Gasteiger partial charge in [0.15, 0.2) is 5.65 Å². The number of unbranched alkanes of at least 4 members (excludes halogenated alkanes) is 3. The molecule has 0 bridgehead atoms. The molecule has 428 valence electrons. The standard InChI is InChI=1S/C56H73N13O11/c1-3-4-25-79-56-65-52(58)42-28-41(29-57)69(53(42)66-56)34-39-15-14-37(27-44(39)78-2)33-67-23-20-40(21-24-67)63-55(77)51(38-16-17-38)80-35-62-47(72)31-61-54(76)43(26-36-11-7-5-8-12-36)64-48(73)32-60-46(71)30-59-45(70)13-9-6-10-22-68-49(74)18-19-50(68)75/h5,7-8,11-12,14-15,18-19,27-28,38,40,43,49,51,74H,3-4,6,9-10,13,16-17,20-26,30-35H2,1-2H3,(H,59,70)(H,60,71)(H,61,76)(H,62,72)(H,63,77)(H,64,73)(H2,58,65,66)/t43-,49?,51-/m0/s1. The van der Waals surface area contributed by atoms with Crippen LogP contribution in [-0.2, 0) is 57.8 Å². The minimum atomic E-state index is -1.11. The summed E-state index contributed by atoms with van der Waals surface area (Å²) in [5.74, 6) is -2.45. The van der Waals surface area contributed by atoms with E-state index in [-0.39, 0.29) is 67.6 Å². The number of ether oxygens (including phenoxy) is 3. The first kappa shape index (κ1) is 59.5. The van der Waals surface area contributed by atoms with Gasteiger partial charge in [0, 0.05) is 56.7 Å². The van der Waals surface area contributed by atoms with E-state index in [0.29, 0.717) is 68.0 Å². The number of aliphatic hydroxyl groups excluding tert-OH is 1. The summed E-state index contributed by atoms with van der Waals surface area (Å²) >= 11 is 0. The van der Waals surface area contributed by atoms with Crippen LogP contribution in [0.25, 0.3) is 11.0 Å². The second-order valence-electron chi connectivity index (χ2n) is 20.1. The molecule has 9 N–H and O–H groups in total. The molecule has 2 fully saturated rings. The van der Waals surface area contributed by atoms with E-state index < -0.39 is 55.1 Å². The van der Waals surface area contributed by atoms with Crippen molar-refractivity contribution < 1.29 is 52.9 Å². The molecule has 2 aromatic carbocycles. The first-order valence-electron chi connectivity index (χ1n) is 27.3. The zero-order valence-corrected chi connectivity index (χ0v) is 45.4. The third kappa shape index (κ3) is 17.7. The molecule has 3 aliphatic rings. The monoisotopic (exact) mass is 1100 g/mol. The fraction of sp³-hybridized carbons (Fsp3) is 0.500. The largest absolute Gasteiger partial charge is 0.496 e. The number of benzene rings is 2. The van der Waals surface area contributed by atoms with Crippen molar-refractivity contribution in [3.63, 3.8) is 0 Å². The number of nitrogens with zero attached hydrogens (tertiary/aromatic N) is 6. The maximum atomic E-state index is 13.6. The number of amides is 7. The summed E-state index contributed by atoms with van der Waals surface area (Å²) in [6.07, 6.45) is 7.88. The highest BCUT2D eigenvalue weighted by molar-refractivity contribution is 5.93. The van der Waals surface area contributed by atoms with E-state index in [1.54, 1.807) is 48.1 Å². The predicted molar refractivity (Wildman–Crippen MR) is 293 cm³/mol. The average Bonchev–Trinajstić information content (AvgIpc) is 4.19. The zero-order chi connectivity index (χ0) is 57.0. The molecule has 7 amide bonds. The van der Waals surface area contributed by atoms with Crippen LogP contribution in [-0.4, -0.2) is 155 Å². The highest BCUT2D eigenvalue weighted by Crippen LogP contribution is 2.35. The average molecular weight is 1100 g/mol. The number of fused-ring (bicyclic) bond motifs is 1. The Kier molecular flexibility index (Phi) is 22.1. The molecule has 3 atom stereocenters. The number of piperidine rings is 1. The summed E-state index contributed by atoms with van der Waals surface area (Å²) in [7, 11) is 1.61. The first-order chi connectivity index (χ1) is 38.7. The van der Waals surface area contributed by atoms with Gasteiger partial charge in [0.2, 0.25) is 41.4 Å². The number of nitrogen functional groups attached to an aromatic ring is 1. The van der Waals surface area contributed by atoms with Gasteiger partial charge in [0.1, 0.15) is 48.4 Å². The SMILES string of the molecule is CCCCOc1nc(N)c2cc(C#N)n(Cc3ccc(CN4CCC(NC(=O)[C@@H](OCNC(=O)CNC(=O)[C@H](Cc5ccccc5)NC(=O)CNC(=O)CNC(=O)CCCCCN5C(=O)C=CC5O)C5CC5)CC4)cc3OC)c2n1. The van der Waals surface area contributed by atoms with Crippen molar-refractivity contribution in [3.8, 4) is 17.8 Å². The molecule has 2 aliphatic heterocycles. The van der Waals surface area contributed by atoms with E-state index in [1.807, 2.05) is 18.2 Å². The molecule has 24 nitrogen and oxygen atoms in total. The summed E-state index contributed by atoms with van der Waals surface area (Å²) in [5.41, 5.74) is 9.78. The Morgan fingerprint density at radius 2 is 1.57 bits per heavy atom. The number of nitriles is 1. The quantitative estimate of drug-likeness (QED) is 0.0261. The molecule has 1 saturated carbocycles. The van der Waals surface area contributed by atoms with E-state index in [9.17, 15) is 43.9 Å². The van der Waals surface area contributed by atoms with E-state index in [4.69, 9.17) is 19.9 Å². The van der Waals surface area contributed by atoms with E-state index in [2.05, 4.69) is 59.8 Å². The molecule has 0 spiro atoms. The number of nitrogens with one attached hydrogen (secondary N) is 6. The van der Waals surface area contributed by atoms with E-state index in [1.165, 1.54) is 17.1 Å². The molecule has 24 heteroatoms. The van der Waals surface area contributed by atoms with Crippen LogP contribution in [0.3, 0.4) is 0 Å². The highest BCUT2D eigenvalue weighted by atomic mass is 16.5. The lowest BCUT2D eigenvalue weighted by molar-refractivity contribution is -0.138. The van der Waals surface area contributed by atoms with Crippen molar-refractivity contribution in [2.45, 2.75) is 115 Å². The number of anilines is 1. The van der Waals surface area contributed by atoms with Crippen LogP contribution >= 0.6 is 0 Å². The molecule has 2 aromatic heterocycles.